The number of hydrogen-bond donors (Lipinski definition) is 1. The number of aryl methyl sites for hydroxylation is 1. The van der Waals surface area contributed by atoms with Crippen LogP contribution in [0.3, 0.4) is 0 Å². The summed E-state index contributed by atoms with van der Waals surface area (Å²) in [7, 11) is 0. The summed E-state index contributed by atoms with van der Waals surface area (Å²) in [4.78, 5) is 4.51. The molecular formula is C17H24N2OS. The number of hydrogen-bond acceptors (Lipinski definition) is 4. The third-order valence-electron chi connectivity index (χ3n) is 3.13. The highest BCUT2D eigenvalue weighted by atomic mass is 32.1. The highest BCUT2D eigenvalue weighted by Crippen LogP contribution is 2.18. The first-order valence-corrected chi connectivity index (χ1v) is 8.29. The van der Waals surface area contributed by atoms with Crippen molar-refractivity contribution < 1.29 is 4.74 Å². The lowest BCUT2D eigenvalue weighted by Crippen LogP contribution is -2.17. The molecule has 1 heterocycles. The van der Waals surface area contributed by atoms with Crippen molar-refractivity contribution in [2.75, 3.05) is 6.61 Å². The first-order valence-electron chi connectivity index (χ1n) is 7.41. The van der Waals surface area contributed by atoms with Gasteiger partial charge in [-0.1, -0.05) is 26.0 Å². The molecule has 114 valence electrons. The molecule has 1 aromatic heterocycles. The maximum atomic E-state index is 5.69. The van der Waals surface area contributed by atoms with E-state index in [0.29, 0.717) is 5.92 Å². The molecule has 0 aliphatic rings. The van der Waals surface area contributed by atoms with E-state index in [2.05, 4.69) is 48.6 Å². The van der Waals surface area contributed by atoms with E-state index in [4.69, 9.17) is 4.74 Å². The van der Waals surface area contributed by atoms with Gasteiger partial charge in [-0.3, -0.25) is 0 Å². The number of nitrogens with zero attached hydrogens (tertiary/aromatic N) is 1. The van der Waals surface area contributed by atoms with Crippen molar-refractivity contribution >= 4 is 11.3 Å². The van der Waals surface area contributed by atoms with Gasteiger partial charge in [0, 0.05) is 17.6 Å². The molecule has 21 heavy (non-hydrogen) atoms. The summed E-state index contributed by atoms with van der Waals surface area (Å²) >= 11 is 1.71. The zero-order chi connectivity index (χ0) is 15.2. The van der Waals surface area contributed by atoms with E-state index >= 15 is 0 Å². The molecule has 1 N–H and O–H groups in total. The lowest BCUT2D eigenvalue weighted by Gasteiger charge is -2.12. The Labute approximate surface area is 131 Å². The number of ether oxygens (including phenoxy) is 1. The molecule has 1 aromatic carbocycles. The van der Waals surface area contributed by atoms with Crippen LogP contribution in [0.2, 0.25) is 0 Å². The van der Waals surface area contributed by atoms with Crippen LogP contribution in [0.25, 0.3) is 0 Å². The van der Waals surface area contributed by atoms with Crippen molar-refractivity contribution in [3.05, 3.63) is 45.9 Å². The molecule has 0 radical (unpaired) electrons. The van der Waals surface area contributed by atoms with Gasteiger partial charge in [-0.15, -0.1) is 11.3 Å². The van der Waals surface area contributed by atoms with Crippen LogP contribution in [0.1, 0.15) is 43.1 Å². The van der Waals surface area contributed by atoms with Crippen LogP contribution >= 0.6 is 11.3 Å². The maximum Gasteiger partial charge on any atom is 0.119 e. The van der Waals surface area contributed by atoms with E-state index in [1.807, 2.05) is 19.1 Å². The second kappa shape index (κ2) is 7.57. The van der Waals surface area contributed by atoms with Gasteiger partial charge < -0.3 is 10.1 Å². The summed E-state index contributed by atoms with van der Waals surface area (Å²) in [5.74, 6) is 1.49. The normalized spacial score (nSPS) is 12.6. The maximum absolute atomic E-state index is 5.69. The zero-order valence-corrected chi connectivity index (χ0v) is 14.0. The van der Waals surface area contributed by atoms with Crippen LogP contribution in [0, 0.1) is 12.8 Å². The third-order valence-corrected chi connectivity index (χ3v) is 4.27. The van der Waals surface area contributed by atoms with E-state index in [0.717, 1.165) is 29.6 Å². The van der Waals surface area contributed by atoms with Crippen LogP contribution in [0.5, 0.6) is 5.75 Å². The third kappa shape index (κ3) is 5.14. The smallest absolute Gasteiger partial charge is 0.119 e. The minimum atomic E-state index is 0.278. The molecule has 2 aromatic rings. The fourth-order valence-corrected chi connectivity index (χ4v) is 2.72. The van der Waals surface area contributed by atoms with Crippen molar-refractivity contribution in [3.63, 3.8) is 0 Å². The lowest BCUT2D eigenvalue weighted by molar-refractivity contribution is 0.271. The molecule has 2 rings (SSSR count). The second-order valence-corrected chi connectivity index (χ2v) is 6.67. The fourth-order valence-electron chi connectivity index (χ4n) is 1.90. The number of aromatic nitrogens is 1. The fraction of sp³-hybridized carbons (Fsp3) is 0.471. The Morgan fingerprint density at radius 2 is 1.90 bits per heavy atom. The number of nitrogens with one attached hydrogen (secondary N) is 1. The van der Waals surface area contributed by atoms with E-state index in [-0.39, 0.29) is 6.04 Å². The van der Waals surface area contributed by atoms with Gasteiger partial charge in [0.2, 0.25) is 0 Å². The Hall–Kier alpha value is -1.39. The number of thiazole rings is 1. The van der Waals surface area contributed by atoms with Gasteiger partial charge >= 0.3 is 0 Å². The highest BCUT2D eigenvalue weighted by Gasteiger charge is 2.08. The molecule has 0 saturated carbocycles. The summed E-state index contributed by atoms with van der Waals surface area (Å²) in [5, 5.41) is 6.74. The van der Waals surface area contributed by atoms with E-state index < -0.39 is 0 Å². The van der Waals surface area contributed by atoms with E-state index in [1.165, 1.54) is 5.56 Å². The molecule has 0 amide bonds. The van der Waals surface area contributed by atoms with Gasteiger partial charge in [-0.25, -0.2) is 4.98 Å². The number of rotatable bonds is 7. The Bertz CT molecular complexity index is 548. The van der Waals surface area contributed by atoms with Crippen molar-refractivity contribution in [2.45, 2.75) is 40.3 Å². The average Bonchev–Trinajstić information content (AvgIpc) is 2.90. The molecule has 4 heteroatoms. The summed E-state index contributed by atoms with van der Waals surface area (Å²) < 4.78 is 5.69. The molecule has 1 atom stereocenters. The minimum Gasteiger partial charge on any atom is -0.493 e. The van der Waals surface area contributed by atoms with E-state index in [9.17, 15) is 0 Å². The van der Waals surface area contributed by atoms with Crippen molar-refractivity contribution in [2.24, 2.45) is 5.92 Å². The predicted molar refractivity (Wildman–Crippen MR) is 88.9 cm³/mol. The van der Waals surface area contributed by atoms with Crippen molar-refractivity contribution in [3.8, 4) is 5.75 Å². The SMILES string of the molecule is Cc1csc([C@H](C)NCc2ccc(OCC(C)C)cc2)n1. The van der Waals surface area contributed by atoms with Gasteiger partial charge in [0.1, 0.15) is 10.8 Å². The molecule has 0 fully saturated rings. The Balaban J connectivity index is 1.83. The highest BCUT2D eigenvalue weighted by molar-refractivity contribution is 7.09. The molecule has 0 saturated heterocycles. The predicted octanol–water partition coefficient (Wildman–Crippen LogP) is 4.34. The topological polar surface area (TPSA) is 34.1 Å². The summed E-state index contributed by atoms with van der Waals surface area (Å²) in [6.07, 6.45) is 0. The van der Waals surface area contributed by atoms with Crippen LogP contribution in [-0.4, -0.2) is 11.6 Å². The average molecular weight is 304 g/mol. The molecule has 0 spiro atoms. The molecule has 0 unspecified atom stereocenters. The molecule has 0 bridgehead atoms. The molecule has 3 nitrogen and oxygen atoms in total. The molecule has 0 aliphatic carbocycles. The van der Waals surface area contributed by atoms with Gasteiger partial charge in [0.15, 0.2) is 0 Å². The van der Waals surface area contributed by atoms with Crippen LogP contribution in [-0.2, 0) is 6.54 Å². The van der Waals surface area contributed by atoms with Crippen LogP contribution < -0.4 is 10.1 Å². The minimum absolute atomic E-state index is 0.278. The Kier molecular flexibility index (Phi) is 5.76. The van der Waals surface area contributed by atoms with E-state index in [1.54, 1.807) is 11.3 Å². The Morgan fingerprint density at radius 3 is 2.48 bits per heavy atom. The Morgan fingerprint density at radius 1 is 1.19 bits per heavy atom. The standard InChI is InChI=1S/C17H24N2OS/c1-12(2)10-20-16-7-5-15(6-8-16)9-18-14(4)17-19-13(3)11-21-17/h5-8,11-12,14,18H,9-10H2,1-4H3/t14-/m0/s1. The van der Waals surface area contributed by atoms with Crippen LogP contribution in [0.4, 0.5) is 0 Å². The van der Waals surface area contributed by atoms with Gasteiger partial charge in [0.05, 0.1) is 12.6 Å². The quantitative estimate of drug-likeness (QED) is 0.826. The second-order valence-electron chi connectivity index (χ2n) is 5.78. The van der Waals surface area contributed by atoms with Gasteiger partial charge in [-0.2, -0.15) is 0 Å². The molecule has 0 aliphatic heterocycles. The zero-order valence-electron chi connectivity index (χ0n) is 13.2. The van der Waals surface area contributed by atoms with Crippen LogP contribution in [0.15, 0.2) is 29.6 Å². The largest absolute Gasteiger partial charge is 0.493 e. The first kappa shape index (κ1) is 16.0. The number of benzene rings is 1. The lowest BCUT2D eigenvalue weighted by atomic mass is 10.2. The summed E-state index contributed by atoms with van der Waals surface area (Å²) in [5.41, 5.74) is 2.35. The van der Waals surface area contributed by atoms with Crippen molar-refractivity contribution in [1.29, 1.82) is 0 Å². The summed E-state index contributed by atoms with van der Waals surface area (Å²) in [6.45, 7) is 10.1. The van der Waals surface area contributed by atoms with Crippen molar-refractivity contribution in [1.82, 2.24) is 10.3 Å². The first-order chi connectivity index (χ1) is 10.0. The summed E-state index contributed by atoms with van der Waals surface area (Å²) in [6, 6.07) is 8.58. The van der Waals surface area contributed by atoms with Gasteiger partial charge in [-0.05, 0) is 37.5 Å². The molecular weight excluding hydrogens is 280 g/mol. The monoisotopic (exact) mass is 304 g/mol. The van der Waals surface area contributed by atoms with Gasteiger partial charge in [0.25, 0.3) is 0 Å².